The number of unbranched alkanes of at least 4 members (excludes halogenated alkanes) is 2. The van der Waals surface area contributed by atoms with Crippen molar-refractivity contribution in [2.75, 3.05) is 18.5 Å². The molecule has 0 radical (unpaired) electrons. The van der Waals surface area contributed by atoms with E-state index in [2.05, 4.69) is 15.4 Å². The highest BCUT2D eigenvalue weighted by Crippen LogP contribution is 2.23. The quantitative estimate of drug-likeness (QED) is 0.678. The van der Waals surface area contributed by atoms with Gasteiger partial charge in [-0.25, -0.2) is 4.79 Å². The van der Waals surface area contributed by atoms with E-state index in [0.717, 1.165) is 25.0 Å². The highest BCUT2D eigenvalue weighted by molar-refractivity contribution is 5.89. The average Bonchev–Trinajstić information content (AvgIpc) is 2.39. The van der Waals surface area contributed by atoms with E-state index in [1.807, 2.05) is 0 Å². The molecule has 0 unspecified atom stereocenters. The first-order valence-electron chi connectivity index (χ1n) is 6.42. The summed E-state index contributed by atoms with van der Waals surface area (Å²) in [6, 6.07) is 4.41. The van der Waals surface area contributed by atoms with Crippen molar-refractivity contribution < 1.29 is 27.8 Å². The van der Waals surface area contributed by atoms with Gasteiger partial charge in [0.15, 0.2) is 0 Å². The molecule has 0 heterocycles. The van der Waals surface area contributed by atoms with E-state index in [-0.39, 0.29) is 12.4 Å². The van der Waals surface area contributed by atoms with E-state index in [1.54, 1.807) is 0 Å². The number of carbonyl (C=O) groups is 1. The van der Waals surface area contributed by atoms with E-state index in [4.69, 9.17) is 5.11 Å². The number of rotatable bonds is 7. The van der Waals surface area contributed by atoms with Crippen LogP contribution in [-0.2, 0) is 0 Å². The Balaban J connectivity index is 2.33. The zero-order chi connectivity index (χ0) is 15.7. The SMILES string of the molecule is O=C(NCCCCCO)Nc1ccc(OC(F)(F)F)cc1. The maximum absolute atomic E-state index is 12.0. The van der Waals surface area contributed by atoms with Crippen LogP contribution in [0, 0.1) is 0 Å². The van der Waals surface area contributed by atoms with Crippen molar-refractivity contribution >= 4 is 11.7 Å². The first kappa shape index (κ1) is 17.1. The van der Waals surface area contributed by atoms with Crippen LogP contribution < -0.4 is 15.4 Å². The molecular formula is C13H17F3N2O3. The van der Waals surface area contributed by atoms with Crippen molar-refractivity contribution in [2.24, 2.45) is 0 Å². The number of urea groups is 1. The second-order valence-corrected chi connectivity index (χ2v) is 4.24. The number of nitrogens with one attached hydrogen (secondary N) is 2. The predicted molar refractivity (Wildman–Crippen MR) is 71.1 cm³/mol. The van der Waals surface area contributed by atoms with E-state index in [1.165, 1.54) is 12.1 Å². The third-order valence-corrected chi connectivity index (χ3v) is 2.47. The van der Waals surface area contributed by atoms with Gasteiger partial charge in [-0.1, -0.05) is 0 Å². The monoisotopic (exact) mass is 306 g/mol. The minimum atomic E-state index is -4.74. The maximum Gasteiger partial charge on any atom is 0.573 e. The number of carbonyl (C=O) groups excluding carboxylic acids is 1. The highest BCUT2D eigenvalue weighted by Gasteiger charge is 2.30. The van der Waals surface area contributed by atoms with Crippen LogP contribution in [0.2, 0.25) is 0 Å². The van der Waals surface area contributed by atoms with Gasteiger partial charge in [0.05, 0.1) is 0 Å². The van der Waals surface area contributed by atoms with Crippen molar-refractivity contribution in [1.82, 2.24) is 5.32 Å². The molecule has 21 heavy (non-hydrogen) atoms. The summed E-state index contributed by atoms with van der Waals surface area (Å²) in [5, 5.41) is 13.7. The number of halogens is 3. The van der Waals surface area contributed by atoms with E-state index in [9.17, 15) is 18.0 Å². The maximum atomic E-state index is 12.0. The molecule has 0 spiro atoms. The molecule has 5 nitrogen and oxygen atoms in total. The molecule has 0 atom stereocenters. The lowest BCUT2D eigenvalue weighted by Crippen LogP contribution is -2.29. The third kappa shape index (κ3) is 8.03. The predicted octanol–water partition coefficient (Wildman–Crippen LogP) is 2.87. The van der Waals surface area contributed by atoms with Gasteiger partial charge in [-0.2, -0.15) is 0 Å². The first-order valence-corrected chi connectivity index (χ1v) is 6.42. The Hall–Kier alpha value is -1.96. The average molecular weight is 306 g/mol. The lowest BCUT2D eigenvalue weighted by molar-refractivity contribution is -0.274. The topological polar surface area (TPSA) is 70.6 Å². The van der Waals surface area contributed by atoms with Gasteiger partial charge in [0.2, 0.25) is 0 Å². The van der Waals surface area contributed by atoms with Crippen LogP contribution in [0.4, 0.5) is 23.7 Å². The number of aliphatic hydroxyl groups excluding tert-OH is 1. The van der Waals surface area contributed by atoms with Crippen molar-refractivity contribution in [1.29, 1.82) is 0 Å². The molecule has 0 aliphatic rings. The molecule has 0 saturated carbocycles. The zero-order valence-electron chi connectivity index (χ0n) is 11.2. The Morgan fingerprint density at radius 2 is 1.81 bits per heavy atom. The number of anilines is 1. The molecule has 118 valence electrons. The van der Waals surface area contributed by atoms with Gasteiger partial charge in [-0.05, 0) is 43.5 Å². The van der Waals surface area contributed by atoms with E-state index in [0.29, 0.717) is 18.7 Å². The molecule has 0 saturated heterocycles. The normalized spacial score (nSPS) is 11.0. The molecular weight excluding hydrogens is 289 g/mol. The number of alkyl halides is 3. The Bertz CT molecular complexity index is 435. The lowest BCUT2D eigenvalue weighted by atomic mass is 10.2. The molecule has 0 fully saturated rings. The number of benzene rings is 1. The Morgan fingerprint density at radius 1 is 1.14 bits per heavy atom. The van der Waals surface area contributed by atoms with Crippen LogP contribution in [0.5, 0.6) is 5.75 Å². The highest BCUT2D eigenvalue weighted by atomic mass is 19.4. The van der Waals surface area contributed by atoms with Crippen LogP contribution >= 0.6 is 0 Å². The van der Waals surface area contributed by atoms with Crippen LogP contribution in [0.3, 0.4) is 0 Å². The smallest absolute Gasteiger partial charge is 0.406 e. The van der Waals surface area contributed by atoms with Crippen molar-refractivity contribution in [3.8, 4) is 5.75 Å². The zero-order valence-corrected chi connectivity index (χ0v) is 11.2. The fourth-order valence-electron chi connectivity index (χ4n) is 1.53. The molecule has 0 bridgehead atoms. The number of ether oxygens (including phenoxy) is 1. The van der Waals surface area contributed by atoms with E-state index < -0.39 is 12.4 Å². The summed E-state index contributed by atoms with van der Waals surface area (Å²) in [7, 11) is 0. The summed E-state index contributed by atoms with van der Waals surface area (Å²) in [5.41, 5.74) is 0.359. The van der Waals surface area contributed by atoms with Crippen molar-refractivity contribution in [2.45, 2.75) is 25.6 Å². The summed E-state index contributed by atoms with van der Waals surface area (Å²) >= 11 is 0. The summed E-state index contributed by atoms with van der Waals surface area (Å²) in [6.45, 7) is 0.583. The molecule has 8 heteroatoms. The second kappa shape index (κ2) is 8.35. The van der Waals surface area contributed by atoms with Crippen LogP contribution in [-0.4, -0.2) is 30.7 Å². The third-order valence-electron chi connectivity index (χ3n) is 2.47. The molecule has 1 aromatic carbocycles. The fourth-order valence-corrected chi connectivity index (χ4v) is 1.53. The van der Waals surface area contributed by atoms with Gasteiger partial charge in [0, 0.05) is 18.8 Å². The van der Waals surface area contributed by atoms with Crippen LogP contribution in [0.1, 0.15) is 19.3 Å². The van der Waals surface area contributed by atoms with Gasteiger partial charge < -0.3 is 20.5 Å². The first-order chi connectivity index (χ1) is 9.90. The fraction of sp³-hybridized carbons (Fsp3) is 0.462. The number of amides is 2. The van der Waals surface area contributed by atoms with Gasteiger partial charge in [-0.15, -0.1) is 13.2 Å². The van der Waals surface area contributed by atoms with Crippen molar-refractivity contribution in [3.63, 3.8) is 0 Å². The molecule has 0 aliphatic heterocycles. The molecule has 3 N–H and O–H groups in total. The summed E-state index contributed by atoms with van der Waals surface area (Å²) in [4.78, 5) is 11.5. The van der Waals surface area contributed by atoms with E-state index >= 15 is 0 Å². The standard InChI is InChI=1S/C13H17F3N2O3/c14-13(15,16)21-11-6-4-10(5-7-11)18-12(20)17-8-2-1-3-9-19/h4-7,19H,1-3,8-9H2,(H2,17,18,20). The summed E-state index contributed by atoms with van der Waals surface area (Å²) in [6.07, 6.45) is -2.50. The van der Waals surface area contributed by atoms with Crippen molar-refractivity contribution in [3.05, 3.63) is 24.3 Å². The molecule has 0 aliphatic carbocycles. The number of hydrogen-bond acceptors (Lipinski definition) is 3. The minimum Gasteiger partial charge on any atom is -0.406 e. The Kier molecular flexibility index (Phi) is 6.80. The summed E-state index contributed by atoms with van der Waals surface area (Å²) < 4.78 is 39.6. The number of hydrogen-bond donors (Lipinski definition) is 3. The minimum absolute atomic E-state index is 0.124. The Morgan fingerprint density at radius 3 is 2.38 bits per heavy atom. The van der Waals surface area contributed by atoms with Gasteiger partial charge in [0.25, 0.3) is 0 Å². The second-order valence-electron chi connectivity index (χ2n) is 4.24. The molecule has 0 aromatic heterocycles. The molecule has 1 rings (SSSR count). The molecule has 2 amide bonds. The van der Waals surface area contributed by atoms with Gasteiger partial charge >= 0.3 is 12.4 Å². The summed E-state index contributed by atoms with van der Waals surface area (Å²) in [5.74, 6) is -0.350. The van der Waals surface area contributed by atoms with Crippen LogP contribution in [0.25, 0.3) is 0 Å². The lowest BCUT2D eigenvalue weighted by Gasteiger charge is -2.10. The van der Waals surface area contributed by atoms with Crippen LogP contribution in [0.15, 0.2) is 24.3 Å². The van der Waals surface area contributed by atoms with Gasteiger partial charge in [0.1, 0.15) is 5.75 Å². The van der Waals surface area contributed by atoms with Gasteiger partial charge in [-0.3, -0.25) is 0 Å². The largest absolute Gasteiger partial charge is 0.573 e. The number of aliphatic hydroxyl groups is 1. The molecule has 1 aromatic rings. The Labute approximate surface area is 120 Å².